The third kappa shape index (κ3) is 2.51. The van der Waals surface area contributed by atoms with Crippen molar-refractivity contribution >= 4 is 18.3 Å². The lowest BCUT2D eigenvalue weighted by atomic mass is 9.87. The van der Waals surface area contributed by atoms with Crippen LogP contribution in [0.25, 0.3) is 0 Å². The lowest BCUT2D eigenvalue weighted by Crippen LogP contribution is -2.36. The predicted molar refractivity (Wildman–Crippen MR) is 71.6 cm³/mol. The summed E-state index contributed by atoms with van der Waals surface area (Å²) < 4.78 is 5.49. The summed E-state index contributed by atoms with van der Waals surface area (Å²) in [5.41, 5.74) is 6.17. The van der Waals surface area contributed by atoms with E-state index in [9.17, 15) is 4.79 Å². The van der Waals surface area contributed by atoms with E-state index in [1.54, 1.807) is 0 Å². The minimum absolute atomic E-state index is 0. The van der Waals surface area contributed by atoms with Gasteiger partial charge in [0.1, 0.15) is 0 Å². The molecule has 2 aliphatic heterocycles. The van der Waals surface area contributed by atoms with Gasteiger partial charge in [0.2, 0.25) is 5.91 Å². The van der Waals surface area contributed by atoms with Crippen molar-refractivity contribution in [3.8, 4) is 0 Å². The number of nitrogens with zero attached hydrogens (tertiary/aromatic N) is 1. The molecule has 18 heavy (non-hydrogen) atoms. The largest absolute Gasteiger partial charge is 0.381 e. The van der Waals surface area contributed by atoms with Gasteiger partial charge in [-0.05, 0) is 32.1 Å². The highest BCUT2D eigenvalue weighted by Gasteiger charge is 2.44. The number of rotatable bonds is 1. The second kappa shape index (κ2) is 5.35. The average molecular weight is 275 g/mol. The SMILES string of the molecule is Cl.NC1CCC(C(=O)N2CCC3(CCOC3)C2)C1. The van der Waals surface area contributed by atoms with E-state index in [1.165, 1.54) is 0 Å². The number of hydrogen-bond donors (Lipinski definition) is 1. The fraction of sp³-hybridized carbons (Fsp3) is 0.923. The van der Waals surface area contributed by atoms with Gasteiger partial charge < -0.3 is 15.4 Å². The Bertz CT molecular complexity index is 318. The summed E-state index contributed by atoms with van der Waals surface area (Å²) in [5, 5.41) is 0. The number of nitrogens with two attached hydrogens (primary N) is 1. The Labute approximate surface area is 115 Å². The molecule has 2 saturated heterocycles. The van der Waals surface area contributed by atoms with Crippen LogP contribution in [0.5, 0.6) is 0 Å². The summed E-state index contributed by atoms with van der Waals surface area (Å²) in [6, 6.07) is 0.246. The Balaban J connectivity index is 0.00000120. The molecule has 1 aliphatic carbocycles. The average Bonchev–Trinajstić information content (AvgIpc) is 3.02. The molecule has 3 atom stereocenters. The van der Waals surface area contributed by atoms with Crippen molar-refractivity contribution in [1.82, 2.24) is 4.90 Å². The number of amides is 1. The van der Waals surface area contributed by atoms with Gasteiger partial charge in [-0.15, -0.1) is 12.4 Å². The molecule has 3 aliphatic rings. The summed E-state index contributed by atoms with van der Waals surface area (Å²) in [6.07, 6.45) is 5.13. The quantitative estimate of drug-likeness (QED) is 0.781. The van der Waals surface area contributed by atoms with Crippen LogP contribution in [0.4, 0.5) is 0 Å². The third-order valence-electron chi connectivity index (χ3n) is 4.76. The van der Waals surface area contributed by atoms with E-state index >= 15 is 0 Å². The molecule has 0 aromatic carbocycles. The molecule has 2 heterocycles. The van der Waals surface area contributed by atoms with Crippen molar-refractivity contribution in [3.05, 3.63) is 0 Å². The van der Waals surface area contributed by atoms with Crippen LogP contribution in [0.3, 0.4) is 0 Å². The van der Waals surface area contributed by atoms with Crippen molar-refractivity contribution in [2.75, 3.05) is 26.3 Å². The highest BCUT2D eigenvalue weighted by molar-refractivity contribution is 5.85. The molecule has 3 unspecified atom stereocenters. The van der Waals surface area contributed by atoms with Gasteiger partial charge in [-0.1, -0.05) is 0 Å². The Kier molecular flexibility index (Phi) is 4.19. The van der Waals surface area contributed by atoms with Crippen LogP contribution in [0.15, 0.2) is 0 Å². The Morgan fingerprint density at radius 3 is 2.78 bits per heavy atom. The van der Waals surface area contributed by atoms with Crippen LogP contribution in [0.1, 0.15) is 32.1 Å². The first kappa shape index (κ1) is 14.1. The Morgan fingerprint density at radius 1 is 1.33 bits per heavy atom. The summed E-state index contributed by atoms with van der Waals surface area (Å²) in [5.74, 6) is 0.546. The van der Waals surface area contributed by atoms with Gasteiger partial charge >= 0.3 is 0 Å². The molecule has 3 fully saturated rings. The van der Waals surface area contributed by atoms with Gasteiger partial charge in [0.15, 0.2) is 0 Å². The van der Waals surface area contributed by atoms with E-state index < -0.39 is 0 Å². The van der Waals surface area contributed by atoms with Crippen molar-refractivity contribution in [1.29, 1.82) is 0 Å². The maximum atomic E-state index is 12.4. The number of ether oxygens (including phenoxy) is 1. The number of carbonyl (C=O) groups excluding carboxylic acids is 1. The molecule has 5 heteroatoms. The highest BCUT2D eigenvalue weighted by atomic mass is 35.5. The number of hydrogen-bond acceptors (Lipinski definition) is 3. The smallest absolute Gasteiger partial charge is 0.225 e. The second-order valence-corrected chi connectivity index (χ2v) is 6.08. The molecular weight excluding hydrogens is 252 g/mol. The van der Waals surface area contributed by atoms with Gasteiger partial charge in [0.25, 0.3) is 0 Å². The monoisotopic (exact) mass is 274 g/mol. The molecule has 0 radical (unpaired) electrons. The normalized spacial score (nSPS) is 39.3. The molecule has 1 saturated carbocycles. The number of likely N-dealkylation sites (tertiary alicyclic amines) is 1. The number of halogens is 1. The van der Waals surface area contributed by atoms with Crippen LogP contribution in [0, 0.1) is 11.3 Å². The van der Waals surface area contributed by atoms with Crippen LogP contribution >= 0.6 is 12.4 Å². The molecule has 104 valence electrons. The van der Waals surface area contributed by atoms with Gasteiger partial charge in [0, 0.05) is 37.1 Å². The molecular formula is C13H23ClN2O2. The first-order chi connectivity index (χ1) is 8.19. The molecule has 0 bridgehead atoms. The van der Waals surface area contributed by atoms with E-state index in [1.807, 2.05) is 0 Å². The Morgan fingerprint density at radius 2 is 2.17 bits per heavy atom. The fourth-order valence-corrected chi connectivity index (χ4v) is 3.59. The molecule has 1 amide bonds. The third-order valence-corrected chi connectivity index (χ3v) is 4.76. The fourth-order valence-electron chi connectivity index (χ4n) is 3.59. The zero-order valence-electron chi connectivity index (χ0n) is 10.8. The predicted octanol–water partition coefficient (Wildman–Crippen LogP) is 1.17. The van der Waals surface area contributed by atoms with E-state index in [4.69, 9.17) is 10.5 Å². The maximum Gasteiger partial charge on any atom is 0.225 e. The molecule has 4 nitrogen and oxygen atoms in total. The first-order valence-electron chi connectivity index (χ1n) is 6.81. The van der Waals surface area contributed by atoms with Crippen molar-refractivity contribution in [2.45, 2.75) is 38.1 Å². The first-order valence-corrected chi connectivity index (χ1v) is 6.81. The summed E-state index contributed by atoms with van der Waals surface area (Å²) in [7, 11) is 0. The lowest BCUT2D eigenvalue weighted by Gasteiger charge is -2.24. The zero-order valence-corrected chi connectivity index (χ0v) is 11.6. The minimum atomic E-state index is 0. The van der Waals surface area contributed by atoms with Gasteiger partial charge in [-0.25, -0.2) is 0 Å². The van der Waals surface area contributed by atoms with Crippen LogP contribution in [-0.4, -0.2) is 43.2 Å². The second-order valence-electron chi connectivity index (χ2n) is 6.08. The van der Waals surface area contributed by atoms with Crippen LogP contribution in [-0.2, 0) is 9.53 Å². The van der Waals surface area contributed by atoms with Crippen molar-refractivity contribution in [3.63, 3.8) is 0 Å². The Hall–Kier alpha value is -0.320. The van der Waals surface area contributed by atoms with E-state index in [-0.39, 0.29) is 29.8 Å². The van der Waals surface area contributed by atoms with Crippen molar-refractivity contribution in [2.24, 2.45) is 17.1 Å². The number of carbonyl (C=O) groups is 1. The maximum absolute atomic E-state index is 12.4. The molecule has 2 N–H and O–H groups in total. The van der Waals surface area contributed by atoms with Crippen molar-refractivity contribution < 1.29 is 9.53 Å². The standard InChI is InChI=1S/C13H22N2O2.ClH/c14-11-2-1-10(7-11)12(16)15-5-3-13(8-15)4-6-17-9-13;/h10-11H,1-9,14H2;1H. The van der Waals surface area contributed by atoms with E-state index in [2.05, 4.69) is 4.90 Å². The van der Waals surface area contributed by atoms with E-state index in [0.717, 1.165) is 58.4 Å². The van der Waals surface area contributed by atoms with Gasteiger partial charge in [0.05, 0.1) is 6.61 Å². The van der Waals surface area contributed by atoms with Gasteiger partial charge in [-0.2, -0.15) is 0 Å². The molecule has 3 rings (SSSR count). The van der Waals surface area contributed by atoms with E-state index in [0.29, 0.717) is 5.91 Å². The topological polar surface area (TPSA) is 55.6 Å². The summed E-state index contributed by atoms with van der Waals surface area (Å²) >= 11 is 0. The van der Waals surface area contributed by atoms with Gasteiger partial charge in [-0.3, -0.25) is 4.79 Å². The molecule has 0 aromatic heterocycles. The van der Waals surface area contributed by atoms with Crippen LogP contribution < -0.4 is 5.73 Å². The summed E-state index contributed by atoms with van der Waals surface area (Å²) in [6.45, 7) is 3.56. The highest BCUT2D eigenvalue weighted by Crippen LogP contribution is 2.39. The van der Waals surface area contributed by atoms with Crippen LogP contribution in [0.2, 0.25) is 0 Å². The zero-order chi connectivity index (χ0) is 11.9. The molecule has 0 aromatic rings. The lowest BCUT2D eigenvalue weighted by molar-refractivity contribution is -0.134. The molecule has 1 spiro atoms. The minimum Gasteiger partial charge on any atom is -0.381 e. The summed E-state index contributed by atoms with van der Waals surface area (Å²) in [4.78, 5) is 14.4.